The summed E-state index contributed by atoms with van der Waals surface area (Å²) < 4.78 is 13.8. The molecule has 0 unspecified atom stereocenters. The number of benzene rings is 1. The summed E-state index contributed by atoms with van der Waals surface area (Å²) in [5, 5.41) is 0. The average molecular weight is 230 g/mol. The van der Waals surface area contributed by atoms with Crippen LogP contribution in [0.2, 0.25) is 0 Å². The predicted molar refractivity (Wildman–Crippen MR) is 73.5 cm³/mol. The smallest absolute Gasteiger partial charge is 0.131 e. The van der Waals surface area contributed by atoms with Crippen molar-refractivity contribution >= 4 is 5.57 Å². The molecule has 1 heteroatoms. The molecule has 0 atom stereocenters. The molecule has 1 rings (SSSR count). The molecule has 0 aliphatic heterocycles. The Morgan fingerprint density at radius 3 is 2.59 bits per heavy atom. The van der Waals surface area contributed by atoms with Crippen LogP contribution in [0.15, 0.2) is 43.0 Å². The fourth-order valence-corrected chi connectivity index (χ4v) is 1.79. The Morgan fingerprint density at radius 2 is 2.00 bits per heavy atom. The number of rotatable bonds is 4. The van der Waals surface area contributed by atoms with Crippen molar-refractivity contribution in [2.45, 2.75) is 27.2 Å². The molecule has 0 aliphatic rings. The van der Waals surface area contributed by atoms with E-state index in [4.69, 9.17) is 0 Å². The molecule has 0 saturated carbocycles. The van der Waals surface area contributed by atoms with Gasteiger partial charge >= 0.3 is 0 Å². The Balaban J connectivity index is 2.97. The van der Waals surface area contributed by atoms with Crippen molar-refractivity contribution in [3.05, 3.63) is 65.5 Å². The molecule has 0 amide bonds. The van der Waals surface area contributed by atoms with Gasteiger partial charge in [0.05, 0.1) is 0 Å². The molecule has 0 radical (unpaired) electrons. The second kappa shape index (κ2) is 6.19. The quantitative estimate of drug-likeness (QED) is 0.640. The highest BCUT2D eigenvalue weighted by Crippen LogP contribution is 2.23. The lowest BCUT2D eigenvalue weighted by atomic mass is 9.98. The number of hydrogen-bond acceptors (Lipinski definition) is 0. The predicted octanol–water partition coefficient (Wildman–Crippen LogP) is 4.98. The van der Waals surface area contributed by atoms with E-state index in [0.29, 0.717) is 11.1 Å². The van der Waals surface area contributed by atoms with Gasteiger partial charge in [-0.1, -0.05) is 43.9 Å². The largest absolute Gasteiger partial charge is 0.206 e. The van der Waals surface area contributed by atoms with Crippen molar-refractivity contribution in [2.75, 3.05) is 0 Å². The van der Waals surface area contributed by atoms with E-state index in [2.05, 4.69) is 13.5 Å². The molecular formula is C16H19F. The van der Waals surface area contributed by atoms with E-state index < -0.39 is 0 Å². The molecule has 0 saturated heterocycles. The van der Waals surface area contributed by atoms with Crippen LogP contribution in [0.5, 0.6) is 0 Å². The third-order valence-corrected chi connectivity index (χ3v) is 2.53. The van der Waals surface area contributed by atoms with Gasteiger partial charge in [0, 0.05) is 5.56 Å². The first-order chi connectivity index (χ1) is 8.06. The monoisotopic (exact) mass is 230 g/mol. The summed E-state index contributed by atoms with van der Waals surface area (Å²) >= 11 is 0. The lowest BCUT2D eigenvalue weighted by molar-refractivity contribution is 0.622. The van der Waals surface area contributed by atoms with Crippen LogP contribution in [0.3, 0.4) is 0 Å². The Hall–Kier alpha value is -1.63. The fraction of sp³-hybridized carbons (Fsp3) is 0.250. The van der Waals surface area contributed by atoms with Gasteiger partial charge in [-0.05, 0) is 43.0 Å². The van der Waals surface area contributed by atoms with Crippen LogP contribution in [0.1, 0.15) is 30.0 Å². The maximum atomic E-state index is 13.8. The Kier molecular flexibility index (Phi) is 4.89. The van der Waals surface area contributed by atoms with Crippen molar-refractivity contribution in [1.82, 2.24) is 0 Å². The number of allylic oxidation sites excluding steroid dienone is 5. The van der Waals surface area contributed by atoms with E-state index in [0.717, 1.165) is 17.5 Å². The molecule has 0 heterocycles. The van der Waals surface area contributed by atoms with E-state index in [-0.39, 0.29) is 5.82 Å². The first-order valence-corrected chi connectivity index (χ1v) is 5.85. The minimum atomic E-state index is -0.198. The van der Waals surface area contributed by atoms with Gasteiger partial charge in [-0.3, -0.25) is 0 Å². The fourth-order valence-electron chi connectivity index (χ4n) is 1.79. The van der Waals surface area contributed by atoms with Gasteiger partial charge in [0.15, 0.2) is 0 Å². The molecule has 0 bridgehead atoms. The molecule has 0 aromatic heterocycles. The minimum absolute atomic E-state index is 0.198. The van der Waals surface area contributed by atoms with Gasteiger partial charge in [0.1, 0.15) is 5.82 Å². The highest BCUT2D eigenvalue weighted by atomic mass is 19.1. The molecule has 0 aliphatic carbocycles. The van der Waals surface area contributed by atoms with E-state index in [1.807, 2.05) is 44.2 Å². The van der Waals surface area contributed by atoms with Crippen molar-refractivity contribution in [1.29, 1.82) is 0 Å². The van der Waals surface area contributed by atoms with Crippen LogP contribution in [0.4, 0.5) is 4.39 Å². The summed E-state index contributed by atoms with van der Waals surface area (Å²) in [6.07, 6.45) is 8.72. The SMILES string of the molecule is C=C(/C=C\C=C/CC)c1c(C)cc(C)cc1F. The second-order valence-electron chi connectivity index (χ2n) is 4.16. The van der Waals surface area contributed by atoms with Gasteiger partial charge < -0.3 is 0 Å². The van der Waals surface area contributed by atoms with E-state index in [1.165, 1.54) is 0 Å². The summed E-state index contributed by atoms with van der Waals surface area (Å²) in [5.41, 5.74) is 3.18. The van der Waals surface area contributed by atoms with Crippen LogP contribution in [-0.4, -0.2) is 0 Å². The minimum Gasteiger partial charge on any atom is -0.206 e. The topological polar surface area (TPSA) is 0 Å². The third kappa shape index (κ3) is 3.70. The van der Waals surface area contributed by atoms with Crippen molar-refractivity contribution in [2.24, 2.45) is 0 Å². The Morgan fingerprint density at radius 1 is 1.29 bits per heavy atom. The molecule has 17 heavy (non-hydrogen) atoms. The van der Waals surface area contributed by atoms with E-state index in [9.17, 15) is 4.39 Å². The average Bonchev–Trinajstić information content (AvgIpc) is 2.23. The highest BCUT2D eigenvalue weighted by Gasteiger charge is 2.07. The third-order valence-electron chi connectivity index (χ3n) is 2.53. The van der Waals surface area contributed by atoms with E-state index >= 15 is 0 Å². The van der Waals surface area contributed by atoms with Gasteiger partial charge in [-0.15, -0.1) is 0 Å². The summed E-state index contributed by atoms with van der Waals surface area (Å²) in [6, 6.07) is 3.52. The van der Waals surface area contributed by atoms with Crippen LogP contribution in [0.25, 0.3) is 5.57 Å². The van der Waals surface area contributed by atoms with Crippen molar-refractivity contribution < 1.29 is 4.39 Å². The molecular weight excluding hydrogens is 211 g/mol. The molecule has 1 aromatic rings. The maximum absolute atomic E-state index is 13.8. The summed E-state index contributed by atoms with van der Waals surface area (Å²) in [6.45, 7) is 9.79. The van der Waals surface area contributed by atoms with Crippen LogP contribution in [-0.2, 0) is 0 Å². The first kappa shape index (κ1) is 13.4. The second-order valence-corrected chi connectivity index (χ2v) is 4.16. The zero-order chi connectivity index (χ0) is 12.8. The summed E-state index contributed by atoms with van der Waals surface area (Å²) in [7, 11) is 0. The normalized spacial score (nSPS) is 11.5. The number of halogens is 1. The van der Waals surface area contributed by atoms with Crippen LogP contribution in [0, 0.1) is 19.7 Å². The lowest BCUT2D eigenvalue weighted by Gasteiger charge is -2.08. The number of hydrogen-bond donors (Lipinski definition) is 0. The Bertz CT molecular complexity index is 441. The summed E-state index contributed by atoms with van der Waals surface area (Å²) in [5.74, 6) is -0.198. The molecule has 1 aromatic carbocycles. The standard InChI is InChI=1S/C16H19F/c1-5-6-7-8-9-13(3)16-14(4)10-12(2)11-15(16)17/h6-11H,3,5H2,1-2,4H3/b7-6-,9-8-. The van der Waals surface area contributed by atoms with Gasteiger partial charge in [-0.25, -0.2) is 4.39 Å². The van der Waals surface area contributed by atoms with Crippen LogP contribution < -0.4 is 0 Å². The van der Waals surface area contributed by atoms with Crippen molar-refractivity contribution in [3.8, 4) is 0 Å². The number of aryl methyl sites for hydroxylation is 2. The molecule has 0 spiro atoms. The first-order valence-electron chi connectivity index (χ1n) is 5.85. The van der Waals surface area contributed by atoms with E-state index in [1.54, 1.807) is 6.07 Å². The molecule has 90 valence electrons. The zero-order valence-electron chi connectivity index (χ0n) is 10.8. The summed E-state index contributed by atoms with van der Waals surface area (Å²) in [4.78, 5) is 0. The zero-order valence-corrected chi connectivity index (χ0v) is 10.8. The molecule has 0 fully saturated rings. The van der Waals surface area contributed by atoms with Crippen LogP contribution >= 0.6 is 0 Å². The Labute approximate surface area is 103 Å². The lowest BCUT2D eigenvalue weighted by Crippen LogP contribution is -1.93. The molecule has 0 nitrogen and oxygen atoms in total. The maximum Gasteiger partial charge on any atom is 0.131 e. The molecule has 0 N–H and O–H groups in total. The highest BCUT2D eigenvalue weighted by molar-refractivity contribution is 5.75. The van der Waals surface area contributed by atoms with Gasteiger partial charge in [0.2, 0.25) is 0 Å². The van der Waals surface area contributed by atoms with Gasteiger partial charge in [-0.2, -0.15) is 0 Å². The van der Waals surface area contributed by atoms with Gasteiger partial charge in [0.25, 0.3) is 0 Å². The van der Waals surface area contributed by atoms with Crippen molar-refractivity contribution in [3.63, 3.8) is 0 Å².